The molecule has 3 unspecified atom stereocenters. The highest BCUT2D eigenvalue weighted by atomic mass is 16.4. The third-order valence-corrected chi connectivity index (χ3v) is 3.43. The molecule has 0 aromatic heterocycles. The first-order chi connectivity index (χ1) is 7.63. The maximum atomic E-state index is 11.5. The van der Waals surface area contributed by atoms with Crippen LogP contribution in [0.25, 0.3) is 0 Å². The highest BCUT2D eigenvalue weighted by molar-refractivity contribution is 5.80. The van der Waals surface area contributed by atoms with Crippen LogP contribution < -0.4 is 10.6 Å². The Bertz CT molecular complexity index is 281. The van der Waals surface area contributed by atoms with Crippen molar-refractivity contribution in [2.45, 2.75) is 44.2 Å². The van der Waals surface area contributed by atoms with E-state index in [2.05, 4.69) is 10.6 Å². The molecule has 2 bridgehead atoms. The first kappa shape index (κ1) is 11.4. The van der Waals surface area contributed by atoms with Crippen molar-refractivity contribution in [2.24, 2.45) is 5.92 Å². The molecule has 0 aromatic carbocycles. The fraction of sp³-hybridized carbons (Fsp3) is 0.818. The summed E-state index contributed by atoms with van der Waals surface area (Å²) in [4.78, 5) is 21.8. The summed E-state index contributed by atoms with van der Waals surface area (Å²) < 4.78 is 0. The summed E-state index contributed by atoms with van der Waals surface area (Å²) in [6.07, 6.45) is 3.25. The zero-order valence-electron chi connectivity index (χ0n) is 9.24. The Morgan fingerprint density at radius 1 is 1.25 bits per heavy atom. The van der Waals surface area contributed by atoms with Gasteiger partial charge in [0.15, 0.2) is 0 Å². The van der Waals surface area contributed by atoms with E-state index in [0.29, 0.717) is 12.0 Å². The molecule has 3 N–H and O–H groups in total. The lowest BCUT2D eigenvalue weighted by molar-refractivity contribution is -0.139. The van der Waals surface area contributed by atoms with Gasteiger partial charge in [0.2, 0.25) is 5.91 Å². The number of fused-ring (bicyclic) bond motifs is 2. The first-order valence-electron chi connectivity index (χ1n) is 5.88. The number of amides is 1. The Labute approximate surface area is 94.6 Å². The number of carboxylic acids is 1. The molecule has 1 saturated heterocycles. The maximum Gasteiger partial charge on any atom is 0.303 e. The molecule has 2 fully saturated rings. The lowest BCUT2D eigenvalue weighted by Crippen LogP contribution is -2.41. The van der Waals surface area contributed by atoms with Gasteiger partial charge in [0, 0.05) is 18.5 Å². The molecule has 0 spiro atoms. The molecular weight excluding hydrogens is 208 g/mol. The van der Waals surface area contributed by atoms with E-state index in [0.717, 1.165) is 19.4 Å². The molecule has 1 amide bonds. The number of hydrogen-bond donors (Lipinski definition) is 3. The SMILES string of the molecule is O=C(O)CCC(=O)NC1CC2CNC(C2)C1. The van der Waals surface area contributed by atoms with E-state index in [1.165, 1.54) is 6.42 Å². The Balaban J connectivity index is 1.73. The van der Waals surface area contributed by atoms with Gasteiger partial charge in [-0.1, -0.05) is 0 Å². The molecule has 1 aliphatic carbocycles. The average molecular weight is 226 g/mol. The van der Waals surface area contributed by atoms with E-state index >= 15 is 0 Å². The minimum absolute atomic E-state index is 0.0797. The molecule has 0 aromatic rings. The topological polar surface area (TPSA) is 78.4 Å². The predicted molar refractivity (Wildman–Crippen MR) is 57.9 cm³/mol. The quantitative estimate of drug-likeness (QED) is 0.635. The van der Waals surface area contributed by atoms with Gasteiger partial charge < -0.3 is 15.7 Å². The van der Waals surface area contributed by atoms with Crippen molar-refractivity contribution in [1.82, 2.24) is 10.6 Å². The number of hydrogen-bond acceptors (Lipinski definition) is 3. The summed E-state index contributed by atoms with van der Waals surface area (Å²) in [5.41, 5.74) is 0. The number of nitrogens with one attached hydrogen (secondary N) is 2. The van der Waals surface area contributed by atoms with E-state index in [9.17, 15) is 9.59 Å². The minimum Gasteiger partial charge on any atom is -0.481 e. The van der Waals surface area contributed by atoms with Crippen molar-refractivity contribution in [2.75, 3.05) is 6.54 Å². The van der Waals surface area contributed by atoms with Crippen molar-refractivity contribution >= 4 is 11.9 Å². The van der Waals surface area contributed by atoms with E-state index < -0.39 is 5.97 Å². The van der Waals surface area contributed by atoms with Gasteiger partial charge >= 0.3 is 5.97 Å². The van der Waals surface area contributed by atoms with Gasteiger partial charge in [-0.25, -0.2) is 0 Å². The number of carbonyl (C=O) groups excluding carboxylic acids is 1. The van der Waals surface area contributed by atoms with E-state index in [4.69, 9.17) is 5.11 Å². The highest BCUT2D eigenvalue weighted by Crippen LogP contribution is 2.29. The number of rotatable bonds is 4. The van der Waals surface area contributed by atoms with Gasteiger partial charge in [-0.15, -0.1) is 0 Å². The van der Waals surface area contributed by atoms with Crippen LogP contribution in [0.15, 0.2) is 0 Å². The Morgan fingerprint density at radius 3 is 2.75 bits per heavy atom. The lowest BCUT2D eigenvalue weighted by atomic mass is 9.86. The Hall–Kier alpha value is -1.10. The number of carbonyl (C=O) groups is 2. The van der Waals surface area contributed by atoms with Crippen LogP contribution >= 0.6 is 0 Å². The fourth-order valence-corrected chi connectivity index (χ4v) is 2.74. The largest absolute Gasteiger partial charge is 0.481 e. The molecular formula is C11H18N2O3. The Morgan fingerprint density at radius 2 is 2.06 bits per heavy atom. The monoisotopic (exact) mass is 226 g/mol. The van der Waals surface area contributed by atoms with E-state index in [1.807, 2.05) is 0 Å². The second-order valence-corrected chi connectivity index (χ2v) is 4.84. The van der Waals surface area contributed by atoms with Crippen LogP contribution in [-0.4, -0.2) is 35.6 Å². The minimum atomic E-state index is -0.916. The maximum absolute atomic E-state index is 11.5. The molecule has 5 heteroatoms. The van der Waals surface area contributed by atoms with Crippen molar-refractivity contribution in [3.05, 3.63) is 0 Å². The standard InChI is InChI=1S/C11H18N2O3/c14-10(1-2-11(15)16)13-9-4-7-3-8(5-9)12-6-7/h7-9,12H,1-6H2,(H,13,14)(H,15,16). The number of aliphatic carboxylic acids is 1. The van der Waals surface area contributed by atoms with Crippen LogP contribution in [0, 0.1) is 5.92 Å². The molecule has 1 heterocycles. The molecule has 2 rings (SSSR count). The molecule has 5 nitrogen and oxygen atoms in total. The van der Waals surface area contributed by atoms with Gasteiger partial charge in [-0.05, 0) is 31.7 Å². The molecule has 16 heavy (non-hydrogen) atoms. The van der Waals surface area contributed by atoms with Gasteiger partial charge in [-0.3, -0.25) is 9.59 Å². The molecule has 3 atom stereocenters. The van der Waals surface area contributed by atoms with Crippen LogP contribution in [-0.2, 0) is 9.59 Å². The van der Waals surface area contributed by atoms with Gasteiger partial charge in [-0.2, -0.15) is 0 Å². The van der Waals surface area contributed by atoms with E-state index in [1.54, 1.807) is 0 Å². The summed E-state index contributed by atoms with van der Waals surface area (Å²) in [6, 6.07) is 0.781. The summed E-state index contributed by atoms with van der Waals surface area (Å²) in [5, 5.41) is 14.8. The van der Waals surface area contributed by atoms with E-state index in [-0.39, 0.29) is 24.8 Å². The van der Waals surface area contributed by atoms with Crippen LogP contribution in [0.3, 0.4) is 0 Å². The fourth-order valence-electron chi connectivity index (χ4n) is 2.74. The second-order valence-electron chi connectivity index (χ2n) is 4.84. The third kappa shape index (κ3) is 2.95. The predicted octanol–water partition coefficient (Wildman–Crippen LogP) is 0.108. The normalized spacial score (nSPS) is 32.4. The molecule has 1 aliphatic heterocycles. The number of carboxylic acid groups (broad SMARTS) is 1. The smallest absolute Gasteiger partial charge is 0.303 e. The highest BCUT2D eigenvalue weighted by Gasteiger charge is 2.34. The third-order valence-electron chi connectivity index (χ3n) is 3.43. The van der Waals surface area contributed by atoms with Gasteiger partial charge in [0.1, 0.15) is 0 Å². The summed E-state index contributed by atoms with van der Waals surface area (Å²) in [6.45, 7) is 1.06. The van der Waals surface area contributed by atoms with Crippen molar-refractivity contribution < 1.29 is 14.7 Å². The first-order valence-corrected chi connectivity index (χ1v) is 5.88. The summed E-state index contributed by atoms with van der Waals surface area (Å²) in [5.74, 6) is -0.363. The van der Waals surface area contributed by atoms with Crippen LogP contribution in [0.5, 0.6) is 0 Å². The van der Waals surface area contributed by atoms with Gasteiger partial charge in [0.25, 0.3) is 0 Å². The van der Waals surface area contributed by atoms with Gasteiger partial charge in [0.05, 0.1) is 6.42 Å². The summed E-state index contributed by atoms with van der Waals surface area (Å²) >= 11 is 0. The molecule has 1 saturated carbocycles. The van der Waals surface area contributed by atoms with Crippen molar-refractivity contribution in [3.8, 4) is 0 Å². The van der Waals surface area contributed by atoms with Crippen LogP contribution in [0.1, 0.15) is 32.1 Å². The zero-order chi connectivity index (χ0) is 11.5. The van der Waals surface area contributed by atoms with Crippen molar-refractivity contribution in [3.63, 3.8) is 0 Å². The average Bonchev–Trinajstić information content (AvgIpc) is 2.55. The lowest BCUT2D eigenvalue weighted by Gasteiger charge is -2.27. The molecule has 2 aliphatic rings. The second kappa shape index (κ2) is 4.82. The van der Waals surface area contributed by atoms with Crippen LogP contribution in [0.4, 0.5) is 0 Å². The van der Waals surface area contributed by atoms with Crippen molar-refractivity contribution in [1.29, 1.82) is 0 Å². The molecule has 0 radical (unpaired) electrons. The molecule has 90 valence electrons. The van der Waals surface area contributed by atoms with Crippen LogP contribution in [0.2, 0.25) is 0 Å². The zero-order valence-corrected chi connectivity index (χ0v) is 9.24. The Kier molecular flexibility index (Phi) is 3.43. The summed E-state index contributed by atoms with van der Waals surface area (Å²) in [7, 11) is 0.